The molecule has 3 aromatic rings. The fourth-order valence-electron chi connectivity index (χ4n) is 3.12. The van der Waals surface area contributed by atoms with Gasteiger partial charge in [-0.1, -0.05) is 30.7 Å². The van der Waals surface area contributed by atoms with E-state index in [0.717, 1.165) is 39.5 Å². The van der Waals surface area contributed by atoms with Crippen molar-refractivity contribution in [1.29, 1.82) is 0 Å². The highest BCUT2D eigenvalue weighted by Gasteiger charge is 2.19. The van der Waals surface area contributed by atoms with Crippen LogP contribution in [-0.2, 0) is 17.8 Å². The van der Waals surface area contributed by atoms with E-state index in [1.54, 1.807) is 22.8 Å². The first-order chi connectivity index (χ1) is 12.4. The maximum Gasteiger partial charge on any atom is 0.262 e. The van der Waals surface area contributed by atoms with Crippen molar-refractivity contribution in [3.8, 4) is 11.1 Å². The van der Waals surface area contributed by atoms with E-state index >= 15 is 0 Å². The molecule has 0 N–H and O–H groups in total. The van der Waals surface area contributed by atoms with Gasteiger partial charge in [0, 0.05) is 34.8 Å². The van der Waals surface area contributed by atoms with E-state index in [1.807, 2.05) is 31.2 Å². The fourth-order valence-corrected chi connectivity index (χ4v) is 4.30. The van der Waals surface area contributed by atoms with Crippen LogP contribution < -0.4 is 5.56 Å². The number of aromatic nitrogens is 2. The van der Waals surface area contributed by atoms with Crippen LogP contribution in [0.3, 0.4) is 0 Å². The minimum atomic E-state index is -0.0611. The summed E-state index contributed by atoms with van der Waals surface area (Å²) in [4.78, 5) is 31.3. The van der Waals surface area contributed by atoms with Crippen molar-refractivity contribution < 1.29 is 4.79 Å². The van der Waals surface area contributed by atoms with Gasteiger partial charge in [0.2, 0.25) is 0 Å². The minimum absolute atomic E-state index is 0.0611. The molecule has 6 heteroatoms. The molecule has 0 aliphatic carbocycles. The number of hydrogen-bond donors (Lipinski definition) is 0. The summed E-state index contributed by atoms with van der Waals surface area (Å²) in [5, 5.41) is 1.30. The first kappa shape index (κ1) is 18.8. The molecular formula is C20H21ClN2O2S. The first-order valence-electron chi connectivity index (χ1n) is 8.70. The van der Waals surface area contributed by atoms with Gasteiger partial charge in [-0.3, -0.25) is 14.2 Å². The number of aryl methyl sites for hydroxylation is 2. The summed E-state index contributed by atoms with van der Waals surface area (Å²) in [7, 11) is 0. The van der Waals surface area contributed by atoms with E-state index in [1.165, 1.54) is 0 Å². The SMILES string of the molecule is CCCc1nc2sc(C)c(-c3ccc(Cl)cc3)c2c(=O)n1CCC(C)=O. The molecule has 0 atom stereocenters. The summed E-state index contributed by atoms with van der Waals surface area (Å²) in [6.07, 6.45) is 1.95. The summed E-state index contributed by atoms with van der Waals surface area (Å²) < 4.78 is 1.68. The van der Waals surface area contributed by atoms with Crippen molar-refractivity contribution >= 4 is 38.9 Å². The fraction of sp³-hybridized carbons (Fsp3) is 0.350. The van der Waals surface area contributed by atoms with E-state index in [9.17, 15) is 9.59 Å². The Morgan fingerprint density at radius 1 is 1.27 bits per heavy atom. The highest BCUT2D eigenvalue weighted by Crippen LogP contribution is 2.36. The number of thiophene rings is 1. The lowest BCUT2D eigenvalue weighted by Gasteiger charge is -2.12. The first-order valence-corrected chi connectivity index (χ1v) is 9.90. The zero-order valence-electron chi connectivity index (χ0n) is 15.1. The van der Waals surface area contributed by atoms with Gasteiger partial charge in [0.25, 0.3) is 5.56 Å². The van der Waals surface area contributed by atoms with Crippen LogP contribution in [0.15, 0.2) is 29.1 Å². The Hall–Kier alpha value is -1.98. The zero-order chi connectivity index (χ0) is 18.8. The number of carbonyl (C=O) groups excluding carboxylic acids is 1. The molecule has 0 bridgehead atoms. The third-order valence-corrected chi connectivity index (χ3v) is 5.61. The topological polar surface area (TPSA) is 52.0 Å². The number of nitrogens with zero attached hydrogens (tertiary/aromatic N) is 2. The van der Waals surface area contributed by atoms with Gasteiger partial charge in [0.05, 0.1) is 5.39 Å². The molecule has 0 fully saturated rings. The number of Topliss-reactive ketones (excluding diaryl/α,β-unsaturated/α-hetero) is 1. The Bertz CT molecular complexity index is 1020. The second-order valence-electron chi connectivity index (χ2n) is 6.41. The normalized spacial score (nSPS) is 11.2. The zero-order valence-corrected chi connectivity index (χ0v) is 16.7. The Balaban J connectivity index is 2.26. The van der Waals surface area contributed by atoms with Crippen molar-refractivity contribution in [3.05, 3.63) is 50.3 Å². The van der Waals surface area contributed by atoms with Crippen molar-refractivity contribution in [2.75, 3.05) is 0 Å². The Morgan fingerprint density at radius 3 is 2.58 bits per heavy atom. The van der Waals surface area contributed by atoms with Gasteiger partial charge in [-0.05, 0) is 38.0 Å². The number of halogens is 1. The Kier molecular flexibility index (Phi) is 5.58. The largest absolute Gasteiger partial charge is 0.300 e. The molecule has 4 nitrogen and oxygen atoms in total. The van der Waals surface area contributed by atoms with Gasteiger partial charge in [-0.25, -0.2) is 4.98 Å². The molecule has 136 valence electrons. The second-order valence-corrected chi connectivity index (χ2v) is 8.05. The number of hydrogen-bond acceptors (Lipinski definition) is 4. The lowest BCUT2D eigenvalue weighted by Crippen LogP contribution is -2.26. The third-order valence-electron chi connectivity index (χ3n) is 4.36. The predicted molar refractivity (Wildman–Crippen MR) is 108 cm³/mol. The van der Waals surface area contributed by atoms with Gasteiger partial charge in [0.1, 0.15) is 16.4 Å². The summed E-state index contributed by atoms with van der Waals surface area (Å²) in [5.41, 5.74) is 1.81. The van der Waals surface area contributed by atoms with Crippen LogP contribution in [0.1, 0.15) is 37.4 Å². The van der Waals surface area contributed by atoms with Gasteiger partial charge in [-0.15, -0.1) is 11.3 Å². The number of benzene rings is 1. The van der Waals surface area contributed by atoms with Crippen LogP contribution in [0.2, 0.25) is 5.02 Å². The molecule has 3 rings (SSSR count). The number of carbonyl (C=O) groups is 1. The lowest BCUT2D eigenvalue weighted by molar-refractivity contribution is -0.117. The average molecular weight is 389 g/mol. The van der Waals surface area contributed by atoms with E-state index < -0.39 is 0 Å². The van der Waals surface area contributed by atoms with Crippen LogP contribution in [0, 0.1) is 6.92 Å². The quantitative estimate of drug-likeness (QED) is 0.595. The number of fused-ring (bicyclic) bond motifs is 1. The van der Waals surface area contributed by atoms with Gasteiger partial charge in [0.15, 0.2) is 0 Å². The number of ketones is 1. The molecule has 0 aliphatic rings. The molecular weight excluding hydrogens is 368 g/mol. The maximum absolute atomic E-state index is 13.3. The van der Waals surface area contributed by atoms with Gasteiger partial charge < -0.3 is 0 Å². The average Bonchev–Trinajstić information content (AvgIpc) is 2.91. The molecule has 2 aromatic heterocycles. The predicted octanol–water partition coefficient (Wildman–Crippen LogP) is 5.02. The minimum Gasteiger partial charge on any atom is -0.300 e. The van der Waals surface area contributed by atoms with Crippen molar-refractivity contribution in [2.24, 2.45) is 0 Å². The summed E-state index contributed by atoms with van der Waals surface area (Å²) >= 11 is 7.55. The second kappa shape index (κ2) is 7.72. The molecule has 26 heavy (non-hydrogen) atoms. The molecule has 0 radical (unpaired) electrons. The molecule has 0 aliphatic heterocycles. The van der Waals surface area contributed by atoms with Crippen LogP contribution in [0.5, 0.6) is 0 Å². The summed E-state index contributed by atoms with van der Waals surface area (Å²) in [6.45, 7) is 5.99. The van der Waals surface area contributed by atoms with Gasteiger partial charge in [-0.2, -0.15) is 0 Å². The van der Waals surface area contributed by atoms with Crippen molar-refractivity contribution in [3.63, 3.8) is 0 Å². The molecule has 1 aromatic carbocycles. The van der Waals surface area contributed by atoms with Crippen LogP contribution in [0.4, 0.5) is 0 Å². The molecule has 0 amide bonds. The maximum atomic E-state index is 13.3. The van der Waals surface area contributed by atoms with Crippen molar-refractivity contribution in [2.45, 2.75) is 46.6 Å². The molecule has 2 heterocycles. The van der Waals surface area contributed by atoms with Crippen LogP contribution in [0.25, 0.3) is 21.3 Å². The number of rotatable bonds is 6. The molecule has 0 spiro atoms. The van der Waals surface area contributed by atoms with Gasteiger partial charge >= 0.3 is 0 Å². The summed E-state index contributed by atoms with van der Waals surface area (Å²) in [6, 6.07) is 7.51. The lowest BCUT2D eigenvalue weighted by atomic mass is 10.0. The smallest absolute Gasteiger partial charge is 0.262 e. The monoisotopic (exact) mass is 388 g/mol. The third kappa shape index (κ3) is 3.60. The standard InChI is InChI=1S/C20H21ClN2O2S/c1-4-5-16-22-19-18(20(25)23(16)11-10-12(2)24)17(13(3)26-19)14-6-8-15(21)9-7-14/h6-9H,4-5,10-11H2,1-3H3. The van der Waals surface area contributed by atoms with E-state index in [2.05, 4.69) is 6.92 Å². The molecule has 0 saturated heterocycles. The molecule has 0 saturated carbocycles. The van der Waals surface area contributed by atoms with Crippen LogP contribution >= 0.6 is 22.9 Å². The van der Waals surface area contributed by atoms with E-state index in [4.69, 9.17) is 16.6 Å². The van der Waals surface area contributed by atoms with E-state index in [0.29, 0.717) is 23.4 Å². The van der Waals surface area contributed by atoms with E-state index in [-0.39, 0.29) is 11.3 Å². The Labute approximate surface area is 161 Å². The van der Waals surface area contributed by atoms with Crippen LogP contribution in [-0.4, -0.2) is 15.3 Å². The summed E-state index contributed by atoms with van der Waals surface area (Å²) in [5.74, 6) is 0.828. The molecule has 0 unspecified atom stereocenters. The van der Waals surface area contributed by atoms with Crippen molar-refractivity contribution in [1.82, 2.24) is 9.55 Å². The highest BCUT2D eigenvalue weighted by molar-refractivity contribution is 7.19. The Morgan fingerprint density at radius 2 is 1.96 bits per heavy atom. The highest BCUT2D eigenvalue weighted by atomic mass is 35.5.